The monoisotopic (exact) mass is 851 g/mol. The number of piperazine rings is 2. The number of hydrogen-bond donors (Lipinski definition) is 1. The zero-order chi connectivity index (χ0) is 43.5. The van der Waals surface area contributed by atoms with Crippen molar-refractivity contribution in [3.63, 3.8) is 0 Å². The van der Waals surface area contributed by atoms with Crippen LogP contribution in [0, 0.1) is 24.5 Å². The van der Waals surface area contributed by atoms with Crippen molar-refractivity contribution >= 4 is 29.0 Å². The Morgan fingerprint density at radius 3 is 1.90 bits per heavy atom. The number of esters is 2. The van der Waals surface area contributed by atoms with Crippen LogP contribution in [-0.4, -0.2) is 105 Å². The first-order valence-electron chi connectivity index (χ1n) is 21.3. The van der Waals surface area contributed by atoms with E-state index in [2.05, 4.69) is 42.2 Å². The number of hydrogen-bond acceptors (Lipinski definition) is 12. The van der Waals surface area contributed by atoms with Crippen molar-refractivity contribution in [1.29, 1.82) is 0 Å². The van der Waals surface area contributed by atoms with Gasteiger partial charge in [-0.1, -0.05) is 6.07 Å². The van der Waals surface area contributed by atoms with Gasteiger partial charge in [-0.15, -0.1) is 0 Å². The molecule has 13 nitrogen and oxygen atoms in total. The normalized spacial score (nSPS) is 18.8. The van der Waals surface area contributed by atoms with E-state index in [1.807, 2.05) is 68.4 Å². The van der Waals surface area contributed by atoms with Crippen molar-refractivity contribution in [2.24, 2.45) is 5.92 Å². The average Bonchev–Trinajstić information content (AvgIpc) is 3.97. The summed E-state index contributed by atoms with van der Waals surface area (Å²) in [4.78, 5) is 34.4. The van der Waals surface area contributed by atoms with Gasteiger partial charge in [-0.05, 0) is 106 Å². The Bertz CT molecular complexity index is 2230. The fraction of sp³-hybridized carbons (Fsp3) is 0.404. The van der Waals surface area contributed by atoms with Gasteiger partial charge >= 0.3 is 11.9 Å². The van der Waals surface area contributed by atoms with Crippen LogP contribution < -0.4 is 24.8 Å². The van der Waals surface area contributed by atoms with Crippen molar-refractivity contribution in [3.05, 3.63) is 131 Å². The molecule has 3 aliphatic heterocycles. The summed E-state index contributed by atoms with van der Waals surface area (Å²) in [5.41, 5.74) is 4.89. The maximum atomic E-state index is 15.0. The molecule has 1 aromatic heterocycles. The summed E-state index contributed by atoms with van der Waals surface area (Å²) in [5, 5.41) is 7.50. The Hall–Kier alpha value is -6.06. The number of aromatic nitrogens is 3. The molecular formula is C47H55F2N7O6. The van der Waals surface area contributed by atoms with Crippen LogP contribution in [0.25, 0.3) is 0 Å². The van der Waals surface area contributed by atoms with Crippen LogP contribution in [0.1, 0.15) is 52.1 Å². The van der Waals surface area contributed by atoms with Crippen LogP contribution in [0.5, 0.6) is 5.75 Å². The molecule has 8 rings (SSSR count). The first-order chi connectivity index (χ1) is 30.1. The molecule has 0 bridgehead atoms. The molecule has 0 unspecified atom stereocenters. The van der Waals surface area contributed by atoms with Gasteiger partial charge < -0.3 is 39.0 Å². The molecule has 3 saturated heterocycles. The van der Waals surface area contributed by atoms with Gasteiger partial charge in [0.05, 0.1) is 44.1 Å². The average molecular weight is 852 g/mol. The largest absolute Gasteiger partial charge is 0.493 e. The van der Waals surface area contributed by atoms with E-state index in [1.165, 1.54) is 24.1 Å². The number of benzene rings is 4. The third kappa shape index (κ3) is 10.9. The number of carbonyl (C=O) groups excluding carboxylic acids is 2. The summed E-state index contributed by atoms with van der Waals surface area (Å²) < 4.78 is 52.8. The molecule has 1 N–H and O–H groups in total. The number of ether oxygens (including phenoxy) is 4. The standard InChI is InChI=1S/C34H37F2N5O4.C13H18N2O2/c1-3-43-33(42)26-4-7-28(8-5-26)39-12-14-40(15-13-39)29-9-11-32(24(2)16-29)44-19-25-18-34(45-20-25,21-41-23-37-22-38-41)30-10-6-27(35)17-31(30)36;1-2-17-13(16)11-3-5-12(6-4-11)15-9-7-14-8-10-15/h4-11,16-17,22-23,25H,3,12-15,18-21H2,1-2H3;3-6,14H,2,7-10H2,1H3/t25-,34+;/m1./s1. The molecule has 62 heavy (non-hydrogen) atoms. The quantitative estimate of drug-likeness (QED) is 0.128. The Kier molecular flexibility index (Phi) is 14.7. The number of anilines is 3. The Morgan fingerprint density at radius 1 is 0.774 bits per heavy atom. The second-order valence-corrected chi connectivity index (χ2v) is 15.6. The topological polar surface area (TPSA) is 124 Å². The van der Waals surface area contributed by atoms with Crippen molar-refractivity contribution < 1.29 is 37.3 Å². The number of nitrogens with zero attached hydrogens (tertiary/aromatic N) is 6. The van der Waals surface area contributed by atoms with E-state index in [0.717, 1.165) is 81.1 Å². The van der Waals surface area contributed by atoms with Gasteiger partial charge in [0.1, 0.15) is 35.6 Å². The smallest absolute Gasteiger partial charge is 0.338 e. The summed E-state index contributed by atoms with van der Waals surface area (Å²) in [6, 6.07) is 25.0. The fourth-order valence-electron chi connectivity index (χ4n) is 8.18. The molecule has 0 spiro atoms. The van der Waals surface area contributed by atoms with Gasteiger partial charge in [0.25, 0.3) is 0 Å². The number of halogens is 2. The fourth-order valence-corrected chi connectivity index (χ4v) is 8.18. The number of carbonyl (C=O) groups is 2. The lowest BCUT2D eigenvalue weighted by Gasteiger charge is -2.37. The SMILES string of the molecule is CCOC(=O)c1ccc(N2CCN(c3ccc(OC[C@@H]4CO[C@@](Cn5cncn5)(c5ccc(F)cc5F)C4)c(C)c3)CC2)cc1.CCOC(=O)c1ccc(N2CCNCC2)cc1. The molecule has 2 atom stereocenters. The van der Waals surface area contributed by atoms with E-state index in [-0.39, 0.29) is 24.4 Å². The van der Waals surface area contributed by atoms with Crippen LogP contribution in [-0.2, 0) is 26.4 Å². The van der Waals surface area contributed by atoms with Crippen LogP contribution in [0.15, 0.2) is 97.6 Å². The van der Waals surface area contributed by atoms with Crippen molar-refractivity contribution in [2.45, 2.75) is 39.3 Å². The minimum absolute atomic E-state index is 0.00325. The number of nitrogens with one attached hydrogen (secondary N) is 1. The van der Waals surface area contributed by atoms with Gasteiger partial charge in [-0.3, -0.25) is 0 Å². The van der Waals surface area contributed by atoms with Crippen LogP contribution in [0.3, 0.4) is 0 Å². The summed E-state index contributed by atoms with van der Waals surface area (Å²) in [6.07, 6.45) is 3.47. The summed E-state index contributed by atoms with van der Waals surface area (Å²) in [7, 11) is 0. The van der Waals surface area contributed by atoms with E-state index >= 15 is 0 Å². The molecule has 3 fully saturated rings. The van der Waals surface area contributed by atoms with Crippen LogP contribution in [0.2, 0.25) is 0 Å². The first-order valence-corrected chi connectivity index (χ1v) is 21.3. The van der Waals surface area contributed by atoms with E-state index < -0.39 is 17.2 Å². The molecule has 0 aliphatic carbocycles. The van der Waals surface area contributed by atoms with E-state index in [1.54, 1.807) is 17.9 Å². The van der Waals surface area contributed by atoms with Gasteiger partial charge in [0.15, 0.2) is 0 Å². The summed E-state index contributed by atoms with van der Waals surface area (Å²) in [6.45, 7) is 15.0. The lowest BCUT2D eigenvalue weighted by atomic mass is 9.87. The number of rotatable bonds is 13. The molecule has 328 valence electrons. The molecule has 0 saturated carbocycles. The molecular weight excluding hydrogens is 797 g/mol. The zero-order valence-corrected chi connectivity index (χ0v) is 35.6. The molecule has 15 heteroatoms. The van der Waals surface area contributed by atoms with Crippen molar-refractivity contribution in [1.82, 2.24) is 20.1 Å². The minimum Gasteiger partial charge on any atom is -0.493 e. The van der Waals surface area contributed by atoms with Crippen LogP contribution >= 0.6 is 0 Å². The third-order valence-electron chi connectivity index (χ3n) is 11.4. The lowest BCUT2D eigenvalue weighted by Crippen LogP contribution is -2.46. The molecule has 4 heterocycles. The predicted molar refractivity (Wildman–Crippen MR) is 233 cm³/mol. The zero-order valence-electron chi connectivity index (χ0n) is 35.6. The molecule has 4 aromatic carbocycles. The molecule has 5 aromatic rings. The molecule has 3 aliphatic rings. The van der Waals surface area contributed by atoms with Gasteiger partial charge in [-0.25, -0.2) is 28.0 Å². The Labute approximate surface area is 361 Å². The van der Waals surface area contributed by atoms with Crippen LogP contribution in [0.4, 0.5) is 25.8 Å². The highest BCUT2D eigenvalue weighted by Crippen LogP contribution is 2.42. The maximum Gasteiger partial charge on any atom is 0.338 e. The Balaban J connectivity index is 0.000000284. The maximum absolute atomic E-state index is 15.0. The Morgan fingerprint density at radius 2 is 1.35 bits per heavy atom. The second kappa shape index (κ2) is 20.7. The first kappa shape index (κ1) is 44.0. The van der Waals surface area contributed by atoms with Crippen molar-refractivity contribution in [2.75, 3.05) is 93.5 Å². The van der Waals surface area contributed by atoms with E-state index in [4.69, 9.17) is 18.9 Å². The summed E-state index contributed by atoms with van der Waals surface area (Å²) >= 11 is 0. The molecule has 0 amide bonds. The molecule has 0 radical (unpaired) electrons. The van der Waals surface area contributed by atoms with Gasteiger partial charge in [0.2, 0.25) is 0 Å². The third-order valence-corrected chi connectivity index (χ3v) is 11.4. The predicted octanol–water partition coefficient (Wildman–Crippen LogP) is 6.65. The van der Waals surface area contributed by atoms with Crippen molar-refractivity contribution in [3.8, 4) is 5.75 Å². The second-order valence-electron chi connectivity index (χ2n) is 15.6. The lowest BCUT2D eigenvalue weighted by molar-refractivity contribution is -0.0206. The van der Waals surface area contributed by atoms with Gasteiger partial charge in [-0.2, -0.15) is 5.10 Å². The highest BCUT2D eigenvalue weighted by atomic mass is 19.1. The van der Waals surface area contributed by atoms with Gasteiger partial charge in [0, 0.05) is 87.0 Å². The highest BCUT2D eigenvalue weighted by molar-refractivity contribution is 5.90. The van der Waals surface area contributed by atoms with E-state index in [9.17, 15) is 18.4 Å². The van der Waals surface area contributed by atoms with E-state index in [0.29, 0.717) is 49.5 Å². The number of aryl methyl sites for hydroxylation is 1. The minimum atomic E-state index is -1.01. The summed E-state index contributed by atoms with van der Waals surface area (Å²) in [5.74, 6) is -1.04. The highest BCUT2D eigenvalue weighted by Gasteiger charge is 2.44.